The first-order valence-electron chi connectivity index (χ1n) is 10.8. The van der Waals surface area contributed by atoms with E-state index in [1.54, 1.807) is 24.5 Å². The summed E-state index contributed by atoms with van der Waals surface area (Å²) in [4.78, 5) is 37.9. The summed E-state index contributed by atoms with van der Waals surface area (Å²) in [6.45, 7) is 0. The van der Waals surface area contributed by atoms with E-state index in [2.05, 4.69) is 16.9 Å². The van der Waals surface area contributed by atoms with Gasteiger partial charge in [-0.3, -0.25) is 10.2 Å². The molecule has 1 aromatic carbocycles. The molecule has 3 aromatic rings. The Balaban J connectivity index is 1.67. The second kappa shape index (κ2) is 8.20. The number of aromatic carboxylic acids is 1. The van der Waals surface area contributed by atoms with Gasteiger partial charge in [0.1, 0.15) is 5.56 Å². The largest absolute Gasteiger partial charge is 0.494 e. The van der Waals surface area contributed by atoms with Crippen LogP contribution in [-0.2, 0) is 6.42 Å². The number of pyridine rings is 1. The van der Waals surface area contributed by atoms with Gasteiger partial charge in [0.25, 0.3) is 0 Å². The zero-order chi connectivity index (χ0) is 23.3. The number of urea groups is 1. The van der Waals surface area contributed by atoms with Gasteiger partial charge in [-0.1, -0.05) is 0 Å². The van der Waals surface area contributed by atoms with E-state index in [0.717, 1.165) is 48.1 Å². The van der Waals surface area contributed by atoms with Crippen LogP contribution < -0.4 is 26.8 Å². The Hall–Kier alpha value is -3.37. The molecule has 9 nitrogen and oxygen atoms in total. The molecular weight excluding hydrogens is 444 g/mol. The highest BCUT2D eigenvalue weighted by Gasteiger charge is 2.30. The number of hydrogen-bond acceptors (Lipinski definition) is 6. The molecule has 2 aliphatic carbocycles. The number of carbonyl (C=O) groups excluding carboxylic acids is 1. The maximum absolute atomic E-state index is 12.9. The first-order chi connectivity index (χ1) is 15.9. The molecule has 0 saturated heterocycles. The summed E-state index contributed by atoms with van der Waals surface area (Å²) in [7, 11) is 1.57. The quantitative estimate of drug-likeness (QED) is 0.410. The number of primary amides is 1. The minimum absolute atomic E-state index is 0.0412. The Kier molecular flexibility index (Phi) is 5.34. The summed E-state index contributed by atoms with van der Waals surface area (Å²) in [5.41, 5.74) is 12.5. The van der Waals surface area contributed by atoms with E-state index in [-0.39, 0.29) is 17.6 Å². The van der Waals surface area contributed by atoms with Crippen LogP contribution in [0.15, 0.2) is 29.2 Å². The molecule has 33 heavy (non-hydrogen) atoms. The van der Waals surface area contributed by atoms with Crippen molar-refractivity contribution >= 4 is 34.2 Å². The number of methoxy groups -OCH3 is 1. The average molecular weight is 469 g/mol. The number of nitrogens with zero attached hydrogens (tertiary/aromatic N) is 1. The Morgan fingerprint density at radius 3 is 2.73 bits per heavy atom. The lowest BCUT2D eigenvalue weighted by Gasteiger charge is -2.23. The predicted molar refractivity (Wildman–Crippen MR) is 125 cm³/mol. The Bertz CT molecular complexity index is 1340. The molecule has 1 fully saturated rings. The fourth-order valence-electron chi connectivity index (χ4n) is 4.61. The summed E-state index contributed by atoms with van der Waals surface area (Å²) in [5, 5.41) is 9.87. The van der Waals surface area contributed by atoms with Crippen LogP contribution in [0.2, 0.25) is 0 Å². The normalized spacial score (nSPS) is 17.5. The third kappa shape index (κ3) is 3.75. The van der Waals surface area contributed by atoms with Crippen LogP contribution >= 0.6 is 11.3 Å². The van der Waals surface area contributed by atoms with Crippen molar-refractivity contribution in [3.63, 3.8) is 0 Å². The van der Waals surface area contributed by atoms with Crippen LogP contribution in [0.4, 0.5) is 4.79 Å². The first-order valence-corrected chi connectivity index (χ1v) is 11.6. The molecular formula is C23H24N4O5S. The van der Waals surface area contributed by atoms with Gasteiger partial charge < -0.3 is 20.1 Å². The van der Waals surface area contributed by atoms with E-state index in [9.17, 15) is 19.5 Å². The zero-order valence-electron chi connectivity index (χ0n) is 18.0. The number of nitrogens with one attached hydrogen (secondary N) is 2. The van der Waals surface area contributed by atoms with Crippen molar-refractivity contribution in [3.05, 3.63) is 50.6 Å². The van der Waals surface area contributed by atoms with Crippen molar-refractivity contribution in [1.29, 1.82) is 0 Å². The van der Waals surface area contributed by atoms with Crippen LogP contribution in [0, 0.1) is 0 Å². The number of benzene rings is 1. The Morgan fingerprint density at radius 2 is 2.06 bits per heavy atom. The van der Waals surface area contributed by atoms with Crippen molar-refractivity contribution in [1.82, 2.24) is 15.4 Å². The summed E-state index contributed by atoms with van der Waals surface area (Å²) in [6.07, 6.45) is 6.11. The standard InChI is InChI=1S/C23H24N4O5S/c1-32-21-12(18-9-14-16(25-26-23(24)31)3-2-4-17(14)33-18)7-8-13-19(21)27(11-5-6-11)10-15(20(13)28)22(29)30/h7-11,16,25H,2-6H2,1H3,(H,29,30)(H3,24,26,31). The molecule has 10 heteroatoms. The third-order valence-electron chi connectivity index (χ3n) is 6.27. The number of hydrazine groups is 1. The summed E-state index contributed by atoms with van der Waals surface area (Å²) in [5.74, 6) is -0.666. The van der Waals surface area contributed by atoms with Gasteiger partial charge in [-0.15, -0.1) is 11.3 Å². The van der Waals surface area contributed by atoms with E-state index in [1.807, 2.05) is 10.6 Å². The Labute approximate surface area is 193 Å². The van der Waals surface area contributed by atoms with Crippen LogP contribution in [0.5, 0.6) is 5.75 Å². The minimum Gasteiger partial charge on any atom is -0.494 e. The van der Waals surface area contributed by atoms with E-state index in [1.165, 1.54) is 11.1 Å². The summed E-state index contributed by atoms with van der Waals surface area (Å²) in [6, 6.07) is 5.10. The van der Waals surface area contributed by atoms with Crippen molar-refractivity contribution in [2.75, 3.05) is 7.11 Å². The molecule has 2 heterocycles. The maximum Gasteiger partial charge on any atom is 0.341 e. The highest BCUT2D eigenvalue weighted by atomic mass is 32.1. The molecule has 0 radical (unpaired) electrons. The smallest absolute Gasteiger partial charge is 0.341 e. The predicted octanol–water partition coefficient (Wildman–Crippen LogP) is 3.32. The van der Waals surface area contributed by atoms with Gasteiger partial charge in [0, 0.05) is 27.6 Å². The molecule has 0 spiro atoms. The summed E-state index contributed by atoms with van der Waals surface area (Å²) < 4.78 is 7.72. The van der Waals surface area contributed by atoms with E-state index in [0.29, 0.717) is 16.7 Å². The number of rotatable bonds is 6. The number of aromatic nitrogens is 1. The van der Waals surface area contributed by atoms with Crippen molar-refractivity contribution in [2.24, 2.45) is 5.73 Å². The lowest BCUT2D eigenvalue weighted by atomic mass is 9.93. The highest BCUT2D eigenvalue weighted by Crippen LogP contribution is 2.46. The molecule has 0 aliphatic heterocycles. The fourth-order valence-corrected chi connectivity index (χ4v) is 5.90. The number of thiophene rings is 1. The second-order valence-corrected chi connectivity index (χ2v) is 9.56. The number of carboxylic acids is 1. The fraction of sp³-hybridized carbons (Fsp3) is 0.348. The van der Waals surface area contributed by atoms with Gasteiger partial charge in [0.2, 0.25) is 5.43 Å². The van der Waals surface area contributed by atoms with Crippen molar-refractivity contribution in [3.8, 4) is 16.2 Å². The molecule has 2 aliphatic rings. The topological polar surface area (TPSA) is 136 Å². The molecule has 2 amide bonds. The molecule has 1 unspecified atom stereocenters. The monoisotopic (exact) mass is 468 g/mol. The molecule has 5 N–H and O–H groups in total. The van der Waals surface area contributed by atoms with Gasteiger partial charge in [-0.05, 0) is 55.9 Å². The van der Waals surface area contributed by atoms with Gasteiger partial charge in [0.05, 0.1) is 24.1 Å². The number of amides is 2. The number of aryl methyl sites for hydroxylation is 1. The lowest BCUT2D eigenvalue weighted by Crippen LogP contribution is -2.43. The lowest BCUT2D eigenvalue weighted by molar-refractivity contribution is 0.0694. The SMILES string of the molecule is COc1c(-c2cc3c(s2)CCCC3NNC(N)=O)ccc2c(=O)c(C(=O)O)cn(C3CC3)c12. The molecule has 2 aromatic heterocycles. The van der Waals surface area contributed by atoms with E-state index in [4.69, 9.17) is 10.5 Å². The number of nitrogens with two attached hydrogens (primary N) is 1. The Morgan fingerprint density at radius 1 is 1.27 bits per heavy atom. The first kappa shape index (κ1) is 21.5. The van der Waals surface area contributed by atoms with Crippen LogP contribution in [0.25, 0.3) is 21.3 Å². The van der Waals surface area contributed by atoms with Gasteiger partial charge >= 0.3 is 12.0 Å². The maximum atomic E-state index is 12.9. The molecule has 172 valence electrons. The number of carbonyl (C=O) groups is 2. The van der Waals surface area contributed by atoms with Crippen LogP contribution in [0.3, 0.4) is 0 Å². The molecule has 0 bridgehead atoms. The van der Waals surface area contributed by atoms with Gasteiger partial charge in [-0.2, -0.15) is 0 Å². The second-order valence-electron chi connectivity index (χ2n) is 8.43. The van der Waals surface area contributed by atoms with Crippen LogP contribution in [0.1, 0.15) is 58.6 Å². The number of fused-ring (bicyclic) bond motifs is 2. The van der Waals surface area contributed by atoms with E-state index >= 15 is 0 Å². The van der Waals surface area contributed by atoms with Gasteiger partial charge in [0.15, 0.2) is 5.75 Å². The zero-order valence-corrected chi connectivity index (χ0v) is 18.8. The van der Waals surface area contributed by atoms with Gasteiger partial charge in [-0.25, -0.2) is 15.0 Å². The highest BCUT2D eigenvalue weighted by molar-refractivity contribution is 7.15. The molecule has 1 saturated carbocycles. The minimum atomic E-state index is -1.23. The van der Waals surface area contributed by atoms with Crippen molar-refractivity contribution in [2.45, 2.75) is 44.2 Å². The van der Waals surface area contributed by atoms with E-state index < -0.39 is 17.4 Å². The molecule has 1 atom stereocenters. The average Bonchev–Trinajstić information content (AvgIpc) is 3.54. The summed E-state index contributed by atoms with van der Waals surface area (Å²) >= 11 is 1.66. The van der Waals surface area contributed by atoms with Crippen LogP contribution in [-0.4, -0.2) is 28.8 Å². The van der Waals surface area contributed by atoms with Crippen molar-refractivity contribution < 1.29 is 19.4 Å². The third-order valence-corrected chi connectivity index (χ3v) is 7.51. The number of carboxylic acid groups (broad SMARTS) is 1. The number of hydrogen-bond donors (Lipinski definition) is 4. The molecule has 5 rings (SSSR count). The number of ether oxygens (including phenoxy) is 1.